The first kappa shape index (κ1) is 13.6. The van der Waals surface area contributed by atoms with Gasteiger partial charge >= 0.3 is 6.18 Å². The number of likely N-dealkylation sites (N-methyl/N-ethyl adjacent to an activating group) is 1. The van der Waals surface area contributed by atoms with Gasteiger partial charge in [-0.2, -0.15) is 13.2 Å². The van der Waals surface area contributed by atoms with E-state index in [1.165, 1.54) is 5.38 Å². The fourth-order valence-corrected chi connectivity index (χ4v) is 2.50. The minimum atomic E-state index is -4.27. The number of fused-ring (bicyclic) bond motifs is 1. The van der Waals surface area contributed by atoms with Crippen LogP contribution in [0.4, 0.5) is 13.2 Å². The van der Waals surface area contributed by atoms with Gasteiger partial charge in [0.2, 0.25) is 0 Å². The molecule has 0 aliphatic carbocycles. The van der Waals surface area contributed by atoms with Gasteiger partial charge in [0.15, 0.2) is 0 Å². The van der Waals surface area contributed by atoms with E-state index < -0.39 is 11.1 Å². The van der Waals surface area contributed by atoms with Crippen molar-refractivity contribution < 1.29 is 17.9 Å². The average molecular weight is 274 g/mol. The fraction of sp³-hybridized carbons (Fsp3) is 0.556. The molecule has 0 radical (unpaired) electrons. The van der Waals surface area contributed by atoms with Gasteiger partial charge in [-0.15, -0.1) is 23.7 Å². The van der Waals surface area contributed by atoms with Crippen LogP contribution in [0.2, 0.25) is 0 Å². The lowest BCUT2D eigenvalue weighted by molar-refractivity contribution is -0.135. The smallest absolute Gasteiger partial charge is 0.426 e. The second kappa shape index (κ2) is 4.81. The average Bonchev–Trinajstić information content (AvgIpc) is 2.59. The van der Waals surface area contributed by atoms with Crippen LogP contribution in [-0.4, -0.2) is 19.7 Å². The molecule has 7 heteroatoms. The van der Waals surface area contributed by atoms with E-state index in [1.807, 2.05) is 0 Å². The third-order valence-electron chi connectivity index (χ3n) is 2.41. The van der Waals surface area contributed by atoms with E-state index in [0.29, 0.717) is 30.1 Å². The summed E-state index contributed by atoms with van der Waals surface area (Å²) in [6.07, 6.45) is -3.89. The van der Waals surface area contributed by atoms with Crippen LogP contribution in [0.3, 0.4) is 0 Å². The summed E-state index contributed by atoms with van der Waals surface area (Å²) in [5.74, 6) is 0.388. The number of ether oxygens (including phenoxy) is 1. The molecular weight excluding hydrogens is 263 g/mol. The van der Waals surface area contributed by atoms with Gasteiger partial charge in [-0.25, -0.2) is 0 Å². The molecule has 2 heterocycles. The van der Waals surface area contributed by atoms with Crippen LogP contribution in [0, 0.1) is 0 Å². The molecule has 0 saturated heterocycles. The van der Waals surface area contributed by atoms with E-state index in [9.17, 15) is 13.2 Å². The molecule has 2 rings (SSSR count). The Kier molecular flexibility index (Phi) is 4.09. The van der Waals surface area contributed by atoms with E-state index in [-0.39, 0.29) is 24.0 Å². The zero-order valence-electron chi connectivity index (χ0n) is 8.43. The van der Waals surface area contributed by atoms with Crippen molar-refractivity contribution in [2.45, 2.75) is 18.6 Å². The quantitative estimate of drug-likeness (QED) is 0.849. The predicted octanol–water partition coefficient (Wildman–Crippen LogP) is 2.71. The van der Waals surface area contributed by atoms with Crippen molar-refractivity contribution in [3.05, 3.63) is 15.8 Å². The molecule has 0 aromatic carbocycles. The Labute approximate surface area is 101 Å². The van der Waals surface area contributed by atoms with Crippen molar-refractivity contribution in [1.29, 1.82) is 0 Å². The monoisotopic (exact) mass is 273 g/mol. The van der Waals surface area contributed by atoms with Gasteiger partial charge in [-0.1, -0.05) is 0 Å². The maximum atomic E-state index is 12.6. The van der Waals surface area contributed by atoms with Gasteiger partial charge in [0, 0.05) is 17.0 Å². The van der Waals surface area contributed by atoms with Crippen LogP contribution < -0.4 is 10.1 Å². The summed E-state index contributed by atoms with van der Waals surface area (Å²) in [5.41, 5.74) is 0.290. The fourth-order valence-electron chi connectivity index (χ4n) is 1.60. The molecule has 1 aliphatic rings. The lowest BCUT2D eigenvalue weighted by Crippen LogP contribution is -2.37. The minimum absolute atomic E-state index is 0. The number of alkyl halides is 3. The van der Waals surface area contributed by atoms with Crippen LogP contribution >= 0.6 is 23.7 Å². The Hall–Kier alpha value is -0.460. The second-order valence-electron chi connectivity index (χ2n) is 3.41. The van der Waals surface area contributed by atoms with Crippen LogP contribution in [0.1, 0.15) is 10.4 Å². The van der Waals surface area contributed by atoms with Gasteiger partial charge in [-0.3, -0.25) is 0 Å². The highest BCUT2D eigenvalue weighted by Crippen LogP contribution is 2.42. The standard InChI is InChI=1S/C9H10F3NOS.ClH/c1-13-5-2-6-7(14-3-5)4-15-8(6)9(10,11)12;/h4-5,13H,2-3H2,1H3;1H. The Morgan fingerprint density at radius 2 is 2.19 bits per heavy atom. The Bertz CT molecular complexity index is 366. The topological polar surface area (TPSA) is 21.3 Å². The van der Waals surface area contributed by atoms with Gasteiger partial charge in [-0.05, 0) is 13.5 Å². The van der Waals surface area contributed by atoms with Crippen molar-refractivity contribution in [3.63, 3.8) is 0 Å². The summed E-state index contributed by atoms with van der Waals surface area (Å²) in [5, 5.41) is 4.36. The highest BCUT2D eigenvalue weighted by Gasteiger charge is 2.38. The second-order valence-corrected chi connectivity index (χ2v) is 4.29. The van der Waals surface area contributed by atoms with Crippen molar-refractivity contribution in [2.24, 2.45) is 0 Å². The first-order valence-electron chi connectivity index (χ1n) is 4.50. The van der Waals surface area contributed by atoms with E-state index in [1.54, 1.807) is 7.05 Å². The SMILES string of the molecule is CNC1COc2csc(C(F)(F)F)c2C1.Cl. The molecule has 92 valence electrons. The molecule has 1 aromatic heterocycles. The zero-order chi connectivity index (χ0) is 11.1. The third kappa shape index (κ3) is 2.44. The lowest BCUT2D eigenvalue weighted by Gasteiger charge is -2.23. The highest BCUT2D eigenvalue weighted by atomic mass is 35.5. The summed E-state index contributed by atoms with van der Waals surface area (Å²) in [6.45, 7) is 0.428. The van der Waals surface area contributed by atoms with Gasteiger partial charge < -0.3 is 10.1 Å². The third-order valence-corrected chi connectivity index (χ3v) is 3.46. The maximum Gasteiger partial charge on any atom is 0.426 e. The van der Waals surface area contributed by atoms with Crippen LogP contribution in [0.15, 0.2) is 5.38 Å². The molecule has 0 spiro atoms. The van der Waals surface area contributed by atoms with Crippen molar-refractivity contribution in [2.75, 3.05) is 13.7 Å². The van der Waals surface area contributed by atoms with Crippen LogP contribution in [0.5, 0.6) is 5.75 Å². The molecule has 1 unspecified atom stereocenters. The summed E-state index contributed by atoms with van der Waals surface area (Å²) in [6, 6.07) is -0.0341. The summed E-state index contributed by atoms with van der Waals surface area (Å²) in [7, 11) is 1.72. The van der Waals surface area contributed by atoms with E-state index >= 15 is 0 Å². The Morgan fingerprint density at radius 1 is 1.50 bits per heavy atom. The van der Waals surface area contributed by atoms with Gasteiger partial charge in [0.1, 0.15) is 17.2 Å². The highest BCUT2D eigenvalue weighted by molar-refractivity contribution is 7.10. The van der Waals surface area contributed by atoms with Crippen LogP contribution in [-0.2, 0) is 12.6 Å². The number of rotatable bonds is 1. The van der Waals surface area contributed by atoms with E-state index in [4.69, 9.17) is 4.74 Å². The normalized spacial score (nSPS) is 19.6. The molecule has 1 aliphatic heterocycles. The maximum absolute atomic E-state index is 12.6. The van der Waals surface area contributed by atoms with Gasteiger partial charge in [0.25, 0.3) is 0 Å². The molecule has 0 amide bonds. The first-order chi connectivity index (χ1) is 7.02. The minimum Gasteiger partial charge on any atom is -0.491 e. The van der Waals surface area contributed by atoms with Crippen molar-refractivity contribution >= 4 is 23.7 Å². The number of hydrogen-bond acceptors (Lipinski definition) is 3. The number of hydrogen-bond donors (Lipinski definition) is 1. The van der Waals surface area contributed by atoms with Crippen molar-refractivity contribution in [1.82, 2.24) is 5.32 Å². The summed E-state index contributed by atoms with van der Waals surface area (Å²) in [4.78, 5) is -0.530. The summed E-state index contributed by atoms with van der Waals surface area (Å²) >= 11 is 0.707. The summed E-state index contributed by atoms with van der Waals surface area (Å²) < 4.78 is 43.0. The molecule has 1 aromatic rings. The molecule has 1 N–H and O–H groups in total. The lowest BCUT2D eigenvalue weighted by atomic mass is 10.0. The molecule has 16 heavy (non-hydrogen) atoms. The van der Waals surface area contributed by atoms with Crippen molar-refractivity contribution in [3.8, 4) is 5.75 Å². The first-order valence-corrected chi connectivity index (χ1v) is 5.38. The van der Waals surface area contributed by atoms with Gasteiger partial charge in [0.05, 0.1) is 0 Å². The zero-order valence-corrected chi connectivity index (χ0v) is 10.1. The molecule has 0 bridgehead atoms. The largest absolute Gasteiger partial charge is 0.491 e. The van der Waals surface area contributed by atoms with E-state index in [2.05, 4.69) is 5.32 Å². The molecule has 0 saturated carbocycles. The Balaban J connectivity index is 0.00000128. The molecule has 0 fully saturated rings. The Morgan fingerprint density at radius 3 is 2.75 bits per heavy atom. The van der Waals surface area contributed by atoms with E-state index in [0.717, 1.165) is 0 Å². The molecule has 2 nitrogen and oxygen atoms in total. The number of nitrogens with one attached hydrogen (secondary N) is 1. The number of halogens is 4. The molecular formula is C9H11ClF3NOS. The number of thiophene rings is 1. The molecule has 1 atom stereocenters. The predicted molar refractivity (Wildman–Crippen MR) is 58.6 cm³/mol. The van der Waals surface area contributed by atoms with Crippen LogP contribution in [0.25, 0.3) is 0 Å².